The van der Waals surface area contributed by atoms with E-state index in [1.165, 1.54) is 18.3 Å². The summed E-state index contributed by atoms with van der Waals surface area (Å²) in [5, 5.41) is 16.6. The van der Waals surface area contributed by atoms with Gasteiger partial charge in [0.1, 0.15) is 18.0 Å². The maximum absolute atomic E-state index is 14.0. The van der Waals surface area contributed by atoms with Gasteiger partial charge in [-0.25, -0.2) is 21.6 Å². The first-order valence-electron chi connectivity index (χ1n) is 13.8. The van der Waals surface area contributed by atoms with Crippen LogP contribution in [0, 0.1) is 35.2 Å². The minimum absolute atomic E-state index is 0.0315. The predicted octanol–water partition coefficient (Wildman–Crippen LogP) is 6.16. The summed E-state index contributed by atoms with van der Waals surface area (Å²) >= 11 is 6.34. The van der Waals surface area contributed by atoms with Gasteiger partial charge < -0.3 is 20.0 Å². The smallest absolute Gasteiger partial charge is 0.255 e. The minimum atomic E-state index is -4.11. The van der Waals surface area contributed by atoms with Gasteiger partial charge in [-0.2, -0.15) is 0 Å². The number of hydrogen-bond donors (Lipinski definition) is 2. The van der Waals surface area contributed by atoms with Crippen LogP contribution in [0.2, 0.25) is 5.02 Å². The molecule has 2 N–H and O–H groups in total. The molecule has 0 heterocycles. The molecule has 1 amide bonds. The van der Waals surface area contributed by atoms with Gasteiger partial charge in [0.25, 0.3) is 5.91 Å². The molecule has 5 rings (SSSR count). The van der Waals surface area contributed by atoms with E-state index in [4.69, 9.17) is 21.2 Å². The number of fused-ring (bicyclic) bond motifs is 2. The van der Waals surface area contributed by atoms with Crippen LogP contribution in [0.3, 0.4) is 0 Å². The number of sulfone groups is 1. The van der Waals surface area contributed by atoms with Gasteiger partial charge in [-0.3, -0.25) is 4.79 Å². The maximum atomic E-state index is 14.0. The first-order chi connectivity index (χ1) is 20.8. The van der Waals surface area contributed by atoms with Gasteiger partial charge in [0.2, 0.25) is 0 Å². The van der Waals surface area contributed by atoms with Crippen molar-refractivity contribution in [2.75, 3.05) is 12.4 Å². The highest BCUT2D eigenvalue weighted by molar-refractivity contribution is 7.92. The molecule has 0 spiro atoms. The molecule has 2 bridgehead atoms. The molecule has 2 aliphatic carbocycles. The van der Waals surface area contributed by atoms with E-state index in [2.05, 4.69) is 10.5 Å². The zero-order chi connectivity index (χ0) is 31.8. The Bertz CT molecular complexity index is 1680. The lowest BCUT2D eigenvalue weighted by Crippen LogP contribution is -2.47. The first-order valence-corrected chi connectivity index (χ1v) is 15.7. The average molecular weight is 651 g/mol. The van der Waals surface area contributed by atoms with Gasteiger partial charge in [-0.1, -0.05) is 35.8 Å². The SMILES string of the molecule is COc1ccc(CO/N=C/[C@]2(O)CC3C(S(=O)(=O)c4cc(C(=O)Nc5cc(F)c(F)c(F)c5)ccc4Cl)[C@@H](C[C@H]3C)C2)cc1. The van der Waals surface area contributed by atoms with Crippen molar-refractivity contribution in [1.82, 2.24) is 0 Å². The molecule has 2 aliphatic rings. The first kappa shape index (κ1) is 31.8. The standard InChI is InChI=1S/C31H30ClF3N2O6S/c1-17-9-20-13-31(39,16-36-43-15-18-3-6-22(42-2)7-4-18)14-23(17)29(20)44(40,41)27-10-19(5-8-24(27)32)30(38)37-21-11-25(33)28(35)26(34)12-21/h3-8,10-12,16-17,20,23,29,39H,9,13-15H2,1-2H3,(H,37,38)/b36-16+/t17-,20+,23?,29?,31-/m1/s1. The summed E-state index contributed by atoms with van der Waals surface area (Å²) < 4.78 is 73.8. The summed E-state index contributed by atoms with van der Waals surface area (Å²) in [7, 11) is -2.53. The number of anilines is 1. The number of oxime groups is 1. The Morgan fingerprint density at radius 1 is 1.11 bits per heavy atom. The summed E-state index contributed by atoms with van der Waals surface area (Å²) in [6.45, 7) is 2.10. The second-order valence-corrected chi connectivity index (χ2v) is 13.8. The Morgan fingerprint density at radius 2 is 1.80 bits per heavy atom. The number of carbonyl (C=O) groups is 1. The van der Waals surface area contributed by atoms with E-state index >= 15 is 0 Å². The van der Waals surface area contributed by atoms with Crippen molar-refractivity contribution in [3.63, 3.8) is 0 Å². The van der Waals surface area contributed by atoms with Crippen molar-refractivity contribution in [1.29, 1.82) is 0 Å². The largest absolute Gasteiger partial charge is 0.497 e. The van der Waals surface area contributed by atoms with Gasteiger partial charge >= 0.3 is 0 Å². The molecule has 0 aliphatic heterocycles. The molecular weight excluding hydrogens is 621 g/mol. The lowest BCUT2D eigenvalue weighted by Gasteiger charge is -2.39. The van der Waals surface area contributed by atoms with Crippen molar-refractivity contribution in [3.05, 3.63) is 88.2 Å². The van der Waals surface area contributed by atoms with Crippen LogP contribution in [0.4, 0.5) is 18.9 Å². The number of amides is 1. The molecule has 3 aromatic carbocycles. The number of rotatable bonds is 9. The molecule has 2 fully saturated rings. The molecular formula is C31H30ClF3N2O6S. The number of methoxy groups -OCH3 is 1. The molecule has 3 aromatic rings. The Kier molecular flexibility index (Phi) is 8.97. The Balaban J connectivity index is 1.31. The summed E-state index contributed by atoms with van der Waals surface area (Å²) in [6, 6.07) is 12.1. The molecule has 0 saturated heterocycles. The quantitative estimate of drug-likeness (QED) is 0.163. The molecule has 234 valence electrons. The molecule has 2 saturated carbocycles. The van der Waals surface area contributed by atoms with Gasteiger partial charge in [0.05, 0.1) is 28.5 Å². The van der Waals surface area contributed by atoms with Gasteiger partial charge in [-0.15, -0.1) is 0 Å². The van der Waals surface area contributed by atoms with E-state index in [0.29, 0.717) is 24.3 Å². The number of ether oxygens (including phenoxy) is 1. The lowest BCUT2D eigenvalue weighted by molar-refractivity contribution is 0.0382. The van der Waals surface area contributed by atoms with Crippen molar-refractivity contribution in [3.8, 4) is 5.75 Å². The number of nitrogens with zero attached hydrogens (tertiary/aromatic N) is 1. The van der Waals surface area contributed by atoms with E-state index in [1.54, 1.807) is 19.2 Å². The summed E-state index contributed by atoms with van der Waals surface area (Å²) in [5.74, 6) is -5.72. The third-order valence-electron chi connectivity index (χ3n) is 8.35. The molecule has 13 heteroatoms. The highest BCUT2D eigenvalue weighted by atomic mass is 35.5. The molecule has 44 heavy (non-hydrogen) atoms. The van der Waals surface area contributed by atoms with Crippen LogP contribution in [0.25, 0.3) is 0 Å². The van der Waals surface area contributed by atoms with E-state index in [0.717, 1.165) is 11.6 Å². The van der Waals surface area contributed by atoms with Gasteiger partial charge in [-0.05, 0) is 72.9 Å². The highest BCUT2D eigenvalue weighted by Crippen LogP contribution is 2.53. The van der Waals surface area contributed by atoms with E-state index < -0.39 is 55.9 Å². The van der Waals surface area contributed by atoms with Crippen LogP contribution >= 0.6 is 11.6 Å². The minimum Gasteiger partial charge on any atom is -0.497 e. The van der Waals surface area contributed by atoms with Crippen LogP contribution < -0.4 is 10.1 Å². The fourth-order valence-corrected chi connectivity index (χ4v) is 9.22. The van der Waals surface area contributed by atoms with E-state index in [-0.39, 0.29) is 46.5 Å². The Hall–Kier alpha value is -3.61. The molecule has 2 unspecified atom stereocenters. The fraction of sp³-hybridized carbons (Fsp3) is 0.355. The summed E-state index contributed by atoms with van der Waals surface area (Å²) in [5.41, 5.74) is -1.01. The molecule has 5 atom stereocenters. The number of hydrogen-bond acceptors (Lipinski definition) is 7. The number of benzene rings is 3. The molecule has 8 nitrogen and oxygen atoms in total. The zero-order valence-electron chi connectivity index (χ0n) is 23.8. The second-order valence-electron chi connectivity index (χ2n) is 11.4. The van der Waals surface area contributed by atoms with Crippen molar-refractivity contribution < 1.29 is 41.1 Å². The van der Waals surface area contributed by atoms with Crippen LogP contribution in [0.5, 0.6) is 5.75 Å². The summed E-state index contributed by atoms with van der Waals surface area (Å²) in [6.07, 6.45) is 2.14. The van der Waals surface area contributed by atoms with E-state index in [1.807, 2.05) is 19.1 Å². The third-order valence-corrected chi connectivity index (χ3v) is 11.2. The topological polar surface area (TPSA) is 114 Å². The molecule has 0 aromatic heterocycles. The lowest BCUT2D eigenvalue weighted by atomic mass is 9.77. The average Bonchev–Trinajstić information content (AvgIpc) is 3.21. The third kappa shape index (κ3) is 6.43. The van der Waals surface area contributed by atoms with Crippen LogP contribution in [-0.4, -0.2) is 43.6 Å². The predicted molar refractivity (Wildman–Crippen MR) is 158 cm³/mol. The number of nitrogens with one attached hydrogen (secondary N) is 1. The van der Waals surface area contributed by atoms with Gasteiger partial charge in [0.15, 0.2) is 27.3 Å². The van der Waals surface area contributed by atoms with Crippen LogP contribution in [0.1, 0.15) is 42.1 Å². The van der Waals surface area contributed by atoms with E-state index in [9.17, 15) is 31.5 Å². The number of carbonyl (C=O) groups excluding carboxylic acids is 1. The number of halogens is 4. The van der Waals surface area contributed by atoms with Crippen molar-refractivity contribution in [2.45, 2.75) is 48.5 Å². The highest BCUT2D eigenvalue weighted by Gasteiger charge is 2.56. The maximum Gasteiger partial charge on any atom is 0.255 e. The Morgan fingerprint density at radius 3 is 2.43 bits per heavy atom. The van der Waals surface area contributed by atoms with Crippen LogP contribution in [-0.2, 0) is 21.3 Å². The Labute approximate surface area is 257 Å². The zero-order valence-corrected chi connectivity index (χ0v) is 25.3. The van der Waals surface area contributed by atoms with Crippen LogP contribution in [0.15, 0.2) is 64.6 Å². The van der Waals surface area contributed by atoms with Gasteiger partial charge in [0, 0.05) is 23.4 Å². The molecule has 0 radical (unpaired) electrons. The fourth-order valence-electron chi connectivity index (χ4n) is 6.32. The number of aliphatic hydroxyl groups is 1. The second kappa shape index (κ2) is 12.4. The van der Waals surface area contributed by atoms with Crippen molar-refractivity contribution in [2.24, 2.45) is 22.9 Å². The monoisotopic (exact) mass is 650 g/mol. The summed E-state index contributed by atoms with van der Waals surface area (Å²) in [4.78, 5) is 18.0. The van der Waals surface area contributed by atoms with Crippen molar-refractivity contribution >= 4 is 39.2 Å². The normalized spacial score (nSPS) is 24.8.